The molecule has 7 nitrogen and oxygen atoms in total. The Hall–Kier alpha value is -2.71. The Labute approximate surface area is 196 Å². The van der Waals surface area contributed by atoms with Crippen molar-refractivity contribution in [2.75, 3.05) is 44.2 Å². The first-order chi connectivity index (χ1) is 15.4. The maximum atomic E-state index is 13.4. The summed E-state index contributed by atoms with van der Waals surface area (Å²) in [5.41, 5.74) is -2.63. The predicted octanol–water partition coefficient (Wildman–Crippen LogP) is 2.84. The fourth-order valence-corrected chi connectivity index (χ4v) is 4.69. The molecule has 2 fully saturated rings. The number of hydrogen-bond acceptors (Lipinski definition) is 5. The number of halogens is 3. The number of hydrogen-bond donors (Lipinski definition) is 0. The number of alkyl halides is 3. The molecular formula is C22H26F3N5O2S. The van der Waals surface area contributed by atoms with Crippen molar-refractivity contribution in [2.45, 2.75) is 38.9 Å². The van der Waals surface area contributed by atoms with Crippen LogP contribution in [0.5, 0.6) is 0 Å². The number of carbonyl (C=O) groups is 2. The van der Waals surface area contributed by atoms with Gasteiger partial charge in [0.2, 0.25) is 5.91 Å². The molecule has 0 spiro atoms. The molecule has 0 radical (unpaired) electrons. The smallest absolute Gasteiger partial charge is 0.340 e. The molecule has 0 aromatic heterocycles. The number of rotatable bonds is 5. The lowest BCUT2D eigenvalue weighted by molar-refractivity contribution is -0.137. The number of nitriles is 1. The number of piperazine rings is 1. The van der Waals surface area contributed by atoms with Gasteiger partial charge in [0.25, 0.3) is 5.91 Å². The SMILES string of the molecule is CC(=O)N1CCN(CCCN2C(=S)N(c3ccc(C#N)c(C(F)(F)F)c3)C(=O)C2(C)C)CC1. The fourth-order valence-electron chi connectivity index (χ4n) is 4.18. The average Bonchev–Trinajstić information content (AvgIpc) is 2.92. The Kier molecular flexibility index (Phi) is 7.00. The fraction of sp³-hybridized carbons (Fsp3) is 0.545. The Morgan fingerprint density at radius 2 is 1.82 bits per heavy atom. The highest BCUT2D eigenvalue weighted by molar-refractivity contribution is 7.80. The Morgan fingerprint density at radius 1 is 1.18 bits per heavy atom. The minimum atomic E-state index is -4.73. The van der Waals surface area contributed by atoms with Crippen molar-refractivity contribution in [3.8, 4) is 6.07 Å². The number of benzene rings is 1. The van der Waals surface area contributed by atoms with E-state index in [1.54, 1.807) is 36.6 Å². The van der Waals surface area contributed by atoms with E-state index in [2.05, 4.69) is 4.90 Å². The molecule has 1 aromatic rings. The maximum Gasteiger partial charge on any atom is 0.417 e. The molecule has 178 valence electrons. The number of carbonyl (C=O) groups excluding carboxylic acids is 2. The topological polar surface area (TPSA) is 70.9 Å². The highest BCUT2D eigenvalue weighted by Crippen LogP contribution is 2.37. The summed E-state index contributed by atoms with van der Waals surface area (Å²) < 4.78 is 40.2. The van der Waals surface area contributed by atoms with Gasteiger partial charge in [-0.1, -0.05) is 0 Å². The summed E-state index contributed by atoms with van der Waals surface area (Å²) in [5, 5.41) is 9.17. The number of thiocarbonyl (C=S) groups is 1. The van der Waals surface area contributed by atoms with Crippen LogP contribution < -0.4 is 4.90 Å². The highest BCUT2D eigenvalue weighted by Gasteiger charge is 2.49. The van der Waals surface area contributed by atoms with Crippen LogP contribution in [-0.4, -0.2) is 76.4 Å². The van der Waals surface area contributed by atoms with Gasteiger partial charge >= 0.3 is 6.18 Å². The van der Waals surface area contributed by atoms with Crippen molar-refractivity contribution in [3.63, 3.8) is 0 Å². The maximum absolute atomic E-state index is 13.4. The highest BCUT2D eigenvalue weighted by atomic mass is 32.1. The first-order valence-corrected chi connectivity index (χ1v) is 11.0. The van der Waals surface area contributed by atoms with Gasteiger partial charge in [-0.25, -0.2) is 0 Å². The molecule has 11 heteroatoms. The summed E-state index contributed by atoms with van der Waals surface area (Å²) in [7, 11) is 0. The van der Waals surface area contributed by atoms with E-state index in [-0.39, 0.29) is 16.7 Å². The normalized spacial score (nSPS) is 19.2. The molecule has 0 N–H and O–H groups in total. The first kappa shape index (κ1) is 24.9. The number of anilines is 1. The predicted molar refractivity (Wildman–Crippen MR) is 120 cm³/mol. The summed E-state index contributed by atoms with van der Waals surface area (Å²) in [6, 6.07) is 4.72. The molecule has 2 aliphatic heterocycles. The van der Waals surface area contributed by atoms with Crippen molar-refractivity contribution in [1.29, 1.82) is 5.26 Å². The second-order valence-corrected chi connectivity index (χ2v) is 9.04. The van der Waals surface area contributed by atoms with Crippen LogP contribution in [0.25, 0.3) is 0 Å². The lowest BCUT2D eigenvalue weighted by Crippen LogP contribution is -2.49. The average molecular weight is 482 g/mol. The Balaban J connectivity index is 1.72. The number of nitrogens with zero attached hydrogens (tertiary/aromatic N) is 5. The minimum absolute atomic E-state index is 0.00717. The van der Waals surface area contributed by atoms with Crippen LogP contribution in [0.2, 0.25) is 0 Å². The van der Waals surface area contributed by atoms with Crippen LogP contribution in [0.15, 0.2) is 18.2 Å². The van der Waals surface area contributed by atoms with Gasteiger partial charge in [-0.3, -0.25) is 19.4 Å². The second kappa shape index (κ2) is 9.27. The molecular weight excluding hydrogens is 455 g/mol. The molecule has 0 atom stereocenters. The van der Waals surface area contributed by atoms with Crippen molar-refractivity contribution >= 4 is 34.8 Å². The summed E-state index contributed by atoms with van der Waals surface area (Å²) in [4.78, 5) is 31.5. The van der Waals surface area contributed by atoms with Crippen LogP contribution in [0.3, 0.4) is 0 Å². The summed E-state index contributed by atoms with van der Waals surface area (Å²) in [6.45, 7) is 9.05. The molecule has 33 heavy (non-hydrogen) atoms. The van der Waals surface area contributed by atoms with Gasteiger partial charge in [0, 0.05) is 39.6 Å². The minimum Gasteiger partial charge on any atom is -0.340 e. The third-order valence-electron chi connectivity index (χ3n) is 6.18. The third-order valence-corrected chi connectivity index (χ3v) is 6.59. The van der Waals surface area contributed by atoms with Crippen LogP contribution in [0.4, 0.5) is 18.9 Å². The summed E-state index contributed by atoms with van der Waals surface area (Å²) in [6.07, 6.45) is -4.03. The van der Waals surface area contributed by atoms with Crippen molar-refractivity contribution in [1.82, 2.24) is 14.7 Å². The molecule has 0 bridgehead atoms. The van der Waals surface area contributed by atoms with Gasteiger partial charge in [0.1, 0.15) is 5.54 Å². The molecule has 2 amide bonds. The van der Waals surface area contributed by atoms with Gasteiger partial charge in [0.15, 0.2) is 5.11 Å². The van der Waals surface area contributed by atoms with Gasteiger partial charge in [-0.05, 0) is 57.2 Å². The molecule has 2 aliphatic rings. The van der Waals surface area contributed by atoms with Gasteiger partial charge < -0.3 is 9.80 Å². The summed E-state index contributed by atoms with van der Waals surface area (Å²) >= 11 is 5.51. The van der Waals surface area contributed by atoms with E-state index < -0.39 is 28.7 Å². The zero-order chi connectivity index (χ0) is 24.6. The summed E-state index contributed by atoms with van der Waals surface area (Å²) in [5.74, 6) is -0.352. The molecule has 0 aliphatic carbocycles. The molecule has 2 saturated heterocycles. The van der Waals surface area contributed by atoms with Gasteiger partial charge in [-0.15, -0.1) is 0 Å². The van der Waals surface area contributed by atoms with Crippen LogP contribution >= 0.6 is 12.2 Å². The molecule has 1 aromatic carbocycles. The first-order valence-electron chi connectivity index (χ1n) is 10.6. The van der Waals surface area contributed by atoms with Crippen molar-refractivity contribution < 1.29 is 22.8 Å². The van der Waals surface area contributed by atoms with Crippen LogP contribution in [0.1, 0.15) is 38.3 Å². The van der Waals surface area contributed by atoms with E-state index in [4.69, 9.17) is 17.5 Å². The number of amides is 2. The molecule has 0 saturated carbocycles. The molecule has 3 rings (SSSR count). The van der Waals surface area contributed by atoms with Gasteiger partial charge in [0.05, 0.1) is 22.9 Å². The lowest BCUT2D eigenvalue weighted by atomic mass is 10.0. The molecule has 0 unspecified atom stereocenters. The van der Waals surface area contributed by atoms with E-state index in [1.807, 2.05) is 0 Å². The van der Waals surface area contributed by atoms with E-state index in [0.29, 0.717) is 26.1 Å². The van der Waals surface area contributed by atoms with Gasteiger partial charge in [-0.2, -0.15) is 18.4 Å². The third kappa shape index (κ3) is 4.96. The Morgan fingerprint density at radius 3 is 2.36 bits per heavy atom. The second-order valence-electron chi connectivity index (χ2n) is 8.67. The van der Waals surface area contributed by atoms with E-state index in [9.17, 15) is 22.8 Å². The lowest BCUT2D eigenvalue weighted by Gasteiger charge is -2.35. The Bertz CT molecular complexity index is 997. The molecule has 2 heterocycles. The quantitative estimate of drug-likeness (QED) is 0.603. The van der Waals surface area contributed by atoms with Crippen molar-refractivity contribution in [3.05, 3.63) is 29.3 Å². The van der Waals surface area contributed by atoms with E-state index >= 15 is 0 Å². The zero-order valence-electron chi connectivity index (χ0n) is 18.8. The van der Waals surface area contributed by atoms with Crippen LogP contribution in [0, 0.1) is 11.3 Å². The monoisotopic (exact) mass is 481 g/mol. The van der Waals surface area contributed by atoms with Crippen molar-refractivity contribution in [2.24, 2.45) is 0 Å². The van der Waals surface area contributed by atoms with E-state index in [0.717, 1.165) is 36.7 Å². The van der Waals surface area contributed by atoms with Crippen LogP contribution in [-0.2, 0) is 15.8 Å². The standard InChI is InChI=1S/C22H26F3N5O2S/c1-15(31)28-11-9-27(10-12-28)7-4-8-29-20(33)30(19(32)21(29,2)3)17-6-5-16(14-26)18(13-17)22(23,24)25/h5-6,13H,4,7-12H2,1-3H3. The largest absolute Gasteiger partial charge is 0.417 e. The zero-order valence-corrected chi connectivity index (χ0v) is 19.6. The van der Waals surface area contributed by atoms with E-state index in [1.165, 1.54) is 6.07 Å².